The van der Waals surface area contributed by atoms with Gasteiger partial charge >= 0.3 is 0 Å². The molecule has 4 rings (SSSR count). The zero-order valence-electron chi connectivity index (χ0n) is 16.9. The average molecular weight is 378 g/mol. The van der Waals surface area contributed by atoms with Crippen LogP contribution >= 0.6 is 0 Å². The van der Waals surface area contributed by atoms with Crippen molar-refractivity contribution in [2.24, 2.45) is 0 Å². The minimum Gasteiger partial charge on any atom is -0.369 e. The molecule has 0 radical (unpaired) electrons. The highest BCUT2D eigenvalue weighted by molar-refractivity contribution is 5.88. The van der Waals surface area contributed by atoms with E-state index in [1.165, 1.54) is 5.69 Å². The number of anilines is 1. The quantitative estimate of drug-likeness (QED) is 0.865. The van der Waals surface area contributed by atoms with E-state index in [1.54, 1.807) is 0 Å². The van der Waals surface area contributed by atoms with Crippen molar-refractivity contribution in [3.05, 3.63) is 65.7 Å². The van der Waals surface area contributed by atoms with Gasteiger partial charge in [0.2, 0.25) is 5.91 Å². The fourth-order valence-corrected chi connectivity index (χ4v) is 4.62. The van der Waals surface area contributed by atoms with Gasteiger partial charge < -0.3 is 15.1 Å². The number of amides is 1. The van der Waals surface area contributed by atoms with Gasteiger partial charge in [-0.3, -0.25) is 4.79 Å². The molecule has 0 spiro atoms. The molecule has 28 heavy (non-hydrogen) atoms. The van der Waals surface area contributed by atoms with Crippen molar-refractivity contribution in [2.75, 3.05) is 38.1 Å². The maximum atomic E-state index is 13.2. The largest absolute Gasteiger partial charge is 0.369 e. The van der Waals surface area contributed by atoms with Gasteiger partial charge in [-0.15, -0.1) is 0 Å². The van der Waals surface area contributed by atoms with Crippen molar-refractivity contribution in [2.45, 2.75) is 37.6 Å². The van der Waals surface area contributed by atoms with Crippen LogP contribution in [-0.2, 0) is 16.8 Å². The monoisotopic (exact) mass is 377 g/mol. The van der Waals surface area contributed by atoms with E-state index in [0.29, 0.717) is 6.54 Å². The van der Waals surface area contributed by atoms with Gasteiger partial charge in [0, 0.05) is 38.4 Å². The Kier molecular flexibility index (Phi) is 5.67. The molecule has 1 aliphatic carbocycles. The van der Waals surface area contributed by atoms with Crippen LogP contribution < -0.4 is 10.2 Å². The highest BCUT2D eigenvalue weighted by Gasteiger charge is 2.42. The summed E-state index contributed by atoms with van der Waals surface area (Å²) in [7, 11) is 2.18. The van der Waals surface area contributed by atoms with Crippen LogP contribution in [-0.4, -0.2) is 44.0 Å². The first-order valence-electron chi connectivity index (χ1n) is 10.5. The summed E-state index contributed by atoms with van der Waals surface area (Å²) in [6.45, 7) is 4.97. The predicted molar refractivity (Wildman–Crippen MR) is 115 cm³/mol. The van der Waals surface area contributed by atoms with Gasteiger partial charge in [-0.2, -0.15) is 0 Å². The maximum Gasteiger partial charge on any atom is 0.230 e. The first-order chi connectivity index (χ1) is 13.7. The lowest BCUT2D eigenvalue weighted by Crippen LogP contribution is -2.44. The number of piperazine rings is 1. The van der Waals surface area contributed by atoms with Crippen LogP contribution in [0, 0.1) is 0 Å². The molecule has 1 aliphatic heterocycles. The fraction of sp³-hybridized carbons (Fsp3) is 0.458. The minimum absolute atomic E-state index is 0.180. The van der Waals surface area contributed by atoms with Gasteiger partial charge in [-0.05, 0) is 43.1 Å². The Morgan fingerprint density at radius 3 is 2.21 bits per heavy atom. The molecular formula is C24H31N3O. The van der Waals surface area contributed by atoms with Gasteiger partial charge in [0.1, 0.15) is 0 Å². The molecule has 2 aliphatic rings. The highest BCUT2D eigenvalue weighted by atomic mass is 16.2. The van der Waals surface area contributed by atoms with Crippen LogP contribution in [0.15, 0.2) is 54.6 Å². The number of carbonyl (C=O) groups excluding carboxylic acids is 1. The second-order valence-corrected chi connectivity index (χ2v) is 8.29. The SMILES string of the molecule is CN1CCN(c2ccc(CNC(=O)C3(c4ccccc4)CCCC3)cc2)CC1. The summed E-state index contributed by atoms with van der Waals surface area (Å²) in [6.07, 6.45) is 4.15. The number of likely N-dealkylation sites (N-methyl/N-ethyl adjacent to an activating group) is 1. The van der Waals surface area contributed by atoms with E-state index < -0.39 is 0 Å². The molecule has 1 amide bonds. The number of nitrogens with one attached hydrogen (secondary N) is 1. The lowest BCUT2D eigenvalue weighted by atomic mass is 9.78. The number of hydrogen-bond donors (Lipinski definition) is 1. The van der Waals surface area contributed by atoms with Crippen molar-refractivity contribution in [3.8, 4) is 0 Å². The smallest absolute Gasteiger partial charge is 0.230 e. The van der Waals surface area contributed by atoms with Gasteiger partial charge in [0.15, 0.2) is 0 Å². The van der Waals surface area contributed by atoms with Crippen molar-refractivity contribution in [1.82, 2.24) is 10.2 Å². The van der Waals surface area contributed by atoms with Crippen LogP contribution in [0.2, 0.25) is 0 Å². The zero-order chi connectivity index (χ0) is 19.4. The molecular weight excluding hydrogens is 346 g/mol. The standard InChI is InChI=1S/C24H31N3O/c1-26-15-17-27(18-16-26)22-11-9-20(10-12-22)19-25-23(28)24(13-5-6-14-24)21-7-3-2-4-8-21/h2-4,7-12H,5-6,13-19H2,1H3,(H,25,28). The molecule has 0 atom stereocenters. The zero-order valence-corrected chi connectivity index (χ0v) is 16.9. The molecule has 4 nitrogen and oxygen atoms in total. The number of rotatable bonds is 5. The number of hydrogen-bond acceptors (Lipinski definition) is 3. The Hall–Kier alpha value is -2.33. The average Bonchev–Trinajstić information content (AvgIpc) is 3.25. The highest BCUT2D eigenvalue weighted by Crippen LogP contribution is 2.41. The summed E-state index contributed by atoms with van der Waals surface area (Å²) in [6, 6.07) is 19.0. The second-order valence-electron chi connectivity index (χ2n) is 8.29. The molecule has 4 heteroatoms. The molecule has 148 valence electrons. The number of carbonyl (C=O) groups is 1. The minimum atomic E-state index is -0.346. The van der Waals surface area contributed by atoms with E-state index in [9.17, 15) is 4.79 Å². The van der Waals surface area contributed by atoms with Crippen LogP contribution in [0.5, 0.6) is 0 Å². The number of nitrogens with zero attached hydrogens (tertiary/aromatic N) is 2. The van der Waals surface area contributed by atoms with E-state index in [-0.39, 0.29) is 11.3 Å². The third-order valence-electron chi connectivity index (χ3n) is 6.48. The van der Waals surface area contributed by atoms with Gasteiger partial charge in [0.05, 0.1) is 5.41 Å². The van der Waals surface area contributed by atoms with E-state index >= 15 is 0 Å². The normalized spacial score (nSPS) is 19.5. The van der Waals surface area contributed by atoms with Crippen molar-refractivity contribution in [3.63, 3.8) is 0 Å². The lowest BCUT2D eigenvalue weighted by Gasteiger charge is -2.34. The molecule has 2 aromatic rings. The summed E-state index contributed by atoms with van der Waals surface area (Å²) in [5.41, 5.74) is 3.25. The molecule has 1 saturated heterocycles. The lowest BCUT2D eigenvalue weighted by molar-refractivity contribution is -0.126. The molecule has 0 bridgehead atoms. The Bertz CT molecular complexity index is 773. The fourth-order valence-electron chi connectivity index (χ4n) is 4.62. The maximum absolute atomic E-state index is 13.2. The van der Waals surface area contributed by atoms with Crippen molar-refractivity contribution >= 4 is 11.6 Å². The Morgan fingerprint density at radius 2 is 1.57 bits per heavy atom. The van der Waals surface area contributed by atoms with E-state index in [1.807, 2.05) is 18.2 Å². The third kappa shape index (κ3) is 3.93. The van der Waals surface area contributed by atoms with E-state index in [2.05, 4.69) is 58.6 Å². The van der Waals surface area contributed by atoms with Gasteiger partial charge in [-0.25, -0.2) is 0 Å². The van der Waals surface area contributed by atoms with Gasteiger partial charge in [-0.1, -0.05) is 55.3 Å². The first kappa shape index (κ1) is 19.0. The molecule has 1 saturated carbocycles. The summed E-state index contributed by atoms with van der Waals surface area (Å²) in [5.74, 6) is 0.180. The summed E-state index contributed by atoms with van der Waals surface area (Å²) in [5, 5.41) is 3.23. The Labute approximate surface area is 168 Å². The summed E-state index contributed by atoms with van der Waals surface area (Å²) in [4.78, 5) is 18.0. The molecule has 1 heterocycles. The topological polar surface area (TPSA) is 35.6 Å². The second kappa shape index (κ2) is 8.36. The van der Waals surface area contributed by atoms with Crippen LogP contribution in [0.25, 0.3) is 0 Å². The third-order valence-corrected chi connectivity index (χ3v) is 6.48. The molecule has 0 unspecified atom stereocenters. The van der Waals surface area contributed by atoms with E-state index in [4.69, 9.17) is 0 Å². The van der Waals surface area contributed by atoms with Crippen LogP contribution in [0.3, 0.4) is 0 Å². The van der Waals surface area contributed by atoms with E-state index in [0.717, 1.165) is 63.0 Å². The van der Waals surface area contributed by atoms with Crippen molar-refractivity contribution < 1.29 is 4.79 Å². The molecule has 2 fully saturated rings. The van der Waals surface area contributed by atoms with Crippen molar-refractivity contribution in [1.29, 1.82) is 0 Å². The first-order valence-corrected chi connectivity index (χ1v) is 10.5. The summed E-state index contributed by atoms with van der Waals surface area (Å²) >= 11 is 0. The molecule has 2 aromatic carbocycles. The predicted octanol–water partition coefficient (Wildman–Crippen LogP) is 3.57. The number of benzene rings is 2. The molecule has 0 aromatic heterocycles. The van der Waals surface area contributed by atoms with Crippen LogP contribution in [0.1, 0.15) is 36.8 Å². The molecule has 1 N–H and O–H groups in total. The van der Waals surface area contributed by atoms with Crippen LogP contribution in [0.4, 0.5) is 5.69 Å². The Morgan fingerprint density at radius 1 is 0.929 bits per heavy atom. The Balaban J connectivity index is 1.39. The van der Waals surface area contributed by atoms with Gasteiger partial charge in [0.25, 0.3) is 0 Å². The summed E-state index contributed by atoms with van der Waals surface area (Å²) < 4.78 is 0.